The van der Waals surface area contributed by atoms with Crippen LogP contribution in [-0.4, -0.2) is 49.3 Å². The number of hydrogen-bond donors (Lipinski definition) is 0. The Balaban J connectivity index is 1.41. The molecule has 7 heteroatoms. The van der Waals surface area contributed by atoms with Crippen molar-refractivity contribution in [1.82, 2.24) is 29.7 Å². The van der Waals surface area contributed by atoms with E-state index in [0.29, 0.717) is 0 Å². The fraction of sp³-hybridized carbons (Fsp3) is 0.368. The summed E-state index contributed by atoms with van der Waals surface area (Å²) in [5.41, 5.74) is 1.86. The van der Waals surface area contributed by atoms with Gasteiger partial charge in [0.25, 0.3) is 5.56 Å². The van der Waals surface area contributed by atoms with Gasteiger partial charge in [0.2, 0.25) is 0 Å². The largest absolute Gasteiger partial charge is 0.301 e. The summed E-state index contributed by atoms with van der Waals surface area (Å²) in [5.74, 6) is 0. The highest BCUT2D eigenvalue weighted by Gasteiger charge is 2.22. The van der Waals surface area contributed by atoms with Crippen LogP contribution in [0.5, 0.6) is 0 Å². The molecule has 0 aliphatic carbocycles. The highest BCUT2D eigenvalue weighted by atomic mass is 16.1. The van der Waals surface area contributed by atoms with Gasteiger partial charge in [-0.15, -0.1) is 5.10 Å². The fourth-order valence-electron chi connectivity index (χ4n) is 3.43. The third kappa shape index (κ3) is 3.72. The van der Waals surface area contributed by atoms with E-state index >= 15 is 0 Å². The normalized spacial score (nSPS) is 16.0. The highest BCUT2D eigenvalue weighted by Crippen LogP contribution is 2.22. The van der Waals surface area contributed by atoms with E-state index < -0.39 is 0 Å². The standard InChI is InChI=1S/C19H22N6O/c26-19-7-6-18(16-4-2-1-3-5-16)21-25(19)17-8-11-23(12-9-17)14-15-24-13-10-20-22-24/h1-7,10,13,17H,8-9,11-12,14-15H2. The molecule has 1 fully saturated rings. The van der Waals surface area contributed by atoms with Crippen LogP contribution in [0.4, 0.5) is 0 Å². The fourth-order valence-corrected chi connectivity index (χ4v) is 3.43. The molecule has 0 atom stereocenters. The predicted molar refractivity (Wildman–Crippen MR) is 98.7 cm³/mol. The molecule has 0 unspecified atom stereocenters. The van der Waals surface area contributed by atoms with Gasteiger partial charge in [-0.25, -0.2) is 4.68 Å². The van der Waals surface area contributed by atoms with E-state index in [4.69, 9.17) is 0 Å². The van der Waals surface area contributed by atoms with Gasteiger partial charge in [-0.3, -0.25) is 9.48 Å². The summed E-state index contributed by atoms with van der Waals surface area (Å²) in [6.07, 6.45) is 5.44. The zero-order valence-corrected chi connectivity index (χ0v) is 14.6. The summed E-state index contributed by atoms with van der Waals surface area (Å²) >= 11 is 0. The molecule has 3 aromatic rings. The van der Waals surface area contributed by atoms with Crippen molar-refractivity contribution in [2.24, 2.45) is 0 Å². The van der Waals surface area contributed by atoms with Gasteiger partial charge in [0.1, 0.15) is 0 Å². The number of nitrogens with zero attached hydrogens (tertiary/aromatic N) is 6. The van der Waals surface area contributed by atoms with Gasteiger partial charge in [0.05, 0.1) is 24.5 Å². The van der Waals surface area contributed by atoms with Gasteiger partial charge >= 0.3 is 0 Å². The average Bonchev–Trinajstić information content (AvgIpc) is 3.22. The second-order valence-electron chi connectivity index (χ2n) is 6.61. The van der Waals surface area contributed by atoms with Gasteiger partial charge in [0, 0.05) is 37.5 Å². The average molecular weight is 350 g/mol. The lowest BCUT2D eigenvalue weighted by atomic mass is 10.1. The summed E-state index contributed by atoms with van der Waals surface area (Å²) in [5, 5.41) is 12.5. The molecule has 0 bridgehead atoms. The maximum atomic E-state index is 12.3. The smallest absolute Gasteiger partial charge is 0.267 e. The van der Waals surface area contributed by atoms with Crippen LogP contribution in [0.1, 0.15) is 18.9 Å². The quantitative estimate of drug-likeness (QED) is 0.702. The first kappa shape index (κ1) is 16.7. The number of likely N-dealkylation sites (tertiary alicyclic amines) is 1. The van der Waals surface area contributed by atoms with Crippen LogP contribution in [0.2, 0.25) is 0 Å². The predicted octanol–water partition coefficient (Wildman–Crippen LogP) is 1.84. The summed E-state index contributed by atoms with van der Waals surface area (Å²) in [4.78, 5) is 14.7. The zero-order chi connectivity index (χ0) is 17.8. The summed E-state index contributed by atoms with van der Waals surface area (Å²) < 4.78 is 3.53. The molecule has 1 aromatic carbocycles. The summed E-state index contributed by atoms with van der Waals surface area (Å²) in [6, 6.07) is 13.6. The molecule has 26 heavy (non-hydrogen) atoms. The van der Waals surface area contributed by atoms with E-state index in [0.717, 1.165) is 50.3 Å². The van der Waals surface area contributed by atoms with Crippen molar-refractivity contribution in [3.63, 3.8) is 0 Å². The van der Waals surface area contributed by atoms with Gasteiger partial charge < -0.3 is 4.90 Å². The van der Waals surface area contributed by atoms with Crippen LogP contribution >= 0.6 is 0 Å². The molecular weight excluding hydrogens is 328 g/mol. The molecule has 1 aliphatic heterocycles. The number of hydrogen-bond acceptors (Lipinski definition) is 5. The van der Waals surface area contributed by atoms with Crippen molar-refractivity contribution in [2.45, 2.75) is 25.4 Å². The highest BCUT2D eigenvalue weighted by molar-refractivity contribution is 5.57. The van der Waals surface area contributed by atoms with Crippen LogP contribution in [-0.2, 0) is 6.54 Å². The van der Waals surface area contributed by atoms with E-state index in [1.165, 1.54) is 0 Å². The van der Waals surface area contributed by atoms with Crippen molar-refractivity contribution in [3.05, 3.63) is 65.2 Å². The Morgan fingerprint density at radius 2 is 1.81 bits per heavy atom. The van der Waals surface area contributed by atoms with Crippen molar-refractivity contribution in [3.8, 4) is 11.3 Å². The van der Waals surface area contributed by atoms with Crippen molar-refractivity contribution >= 4 is 0 Å². The third-order valence-corrected chi connectivity index (χ3v) is 4.91. The van der Waals surface area contributed by atoms with Gasteiger partial charge in [0.15, 0.2) is 0 Å². The molecule has 1 aliphatic rings. The lowest BCUT2D eigenvalue weighted by Gasteiger charge is -2.32. The second-order valence-corrected chi connectivity index (χ2v) is 6.61. The van der Waals surface area contributed by atoms with E-state index in [-0.39, 0.29) is 11.6 Å². The molecule has 134 valence electrons. The molecule has 0 saturated carbocycles. The van der Waals surface area contributed by atoms with Crippen molar-refractivity contribution < 1.29 is 0 Å². The Kier molecular flexibility index (Phi) is 4.88. The Morgan fingerprint density at radius 3 is 2.54 bits per heavy atom. The number of rotatable bonds is 5. The Labute approximate surface area is 151 Å². The number of benzene rings is 1. The molecule has 3 heterocycles. The molecular formula is C19H22N6O. The van der Waals surface area contributed by atoms with Crippen LogP contribution in [0, 0.1) is 0 Å². The molecule has 0 spiro atoms. The molecule has 0 radical (unpaired) electrons. The Morgan fingerprint density at radius 1 is 1.00 bits per heavy atom. The Bertz CT molecular complexity index is 882. The van der Waals surface area contributed by atoms with E-state index in [2.05, 4.69) is 20.3 Å². The molecule has 1 saturated heterocycles. The first-order valence-corrected chi connectivity index (χ1v) is 9.01. The number of aromatic nitrogens is 5. The third-order valence-electron chi connectivity index (χ3n) is 4.91. The Hall–Kier alpha value is -2.80. The lowest BCUT2D eigenvalue weighted by Crippen LogP contribution is -2.39. The van der Waals surface area contributed by atoms with Crippen molar-refractivity contribution in [1.29, 1.82) is 0 Å². The minimum atomic E-state index is -0.0225. The van der Waals surface area contributed by atoms with Crippen LogP contribution in [0.3, 0.4) is 0 Å². The first-order chi connectivity index (χ1) is 12.8. The molecule has 0 amide bonds. The minimum Gasteiger partial charge on any atom is -0.301 e. The van der Waals surface area contributed by atoms with Gasteiger partial charge in [-0.1, -0.05) is 35.5 Å². The van der Waals surface area contributed by atoms with Crippen LogP contribution < -0.4 is 5.56 Å². The summed E-state index contributed by atoms with van der Waals surface area (Å²) in [6.45, 7) is 3.71. The SMILES string of the molecule is O=c1ccc(-c2ccccc2)nn1C1CCN(CCn2ccnn2)CC1. The minimum absolute atomic E-state index is 0.0225. The van der Waals surface area contributed by atoms with E-state index in [9.17, 15) is 4.79 Å². The monoisotopic (exact) mass is 350 g/mol. The van der Waals surface area contributed by atoms with Crippen molar-refractivity contribution in [2.75, 3.05) is 19.6 Å². The molecule has 7 nitrogen and oxygen atoms in total. The maximum Gasteiger partial charge on any atom is 0.267 e. The van der Waals surface area contributed by atoms with E-state index in [1.807, 2.05) is 41.2 Å². The van der Waals surface area contributed by atoms with E-state index in [1.54, 1.807) is 23.0 Å². The second kappa shape index (κ2) is 7.61. The zero-order valence-electron chi connectivity index (χ0n) is 14.6. The first-order valence-electron chi connectivity index (χ1n) is 9.01. The van der Waals surface area contributed by atoms with Gasteiger partial charge in [-0.2, -0.15) is 5.10 Å². The topological polar surface area (TPSA) is 68.8 Å². The maximum absolute atomic E-state index is 12.3. The van der Waals surface area contributed by atoms with Gasteiger partial charge in [-0.05, 0) is 18.9 Å². The molecule has 4 rings (SSSR count). The van der Waals surface area contributed by atoms with Crippen LogP contribution in [0.25, 0.3) is 11.3 Å². The molecule has 0 N–H and O–H groups in total. The summed E-state index contributed by atoms with van der Waals surface area (Å²) in [7, 11) is 0. The lowest BCUT2D eigenvalue weighted by molar-refractivity contribution is 0.170. The molecule has 2 aromatic heterocycles. The number of piperidine rings is 1. The van der Waals surface area contributed by atoms with Crippen LogP contribution in [0.15, 0.2) is 59.7 Å².